The zero-order valence-corrected chi connectivity index (χ0v) is 17.9. The molecule has 3 rings (SSSR count). The van der Waals surface area contributed by atoms with Gasteiger partial charge in [0.05, 0.1) is 0 Å². The van der Waals surface area contributed by atoms with Gasteiger partial charge in [-0.05, 0) is 100 Å². The maximum absolute atomic E-state index is 12.7. The van der Waals surface area contributed by atoms with E-state index in [9.17, 15) is 9.59 Å². The minimum Gasteiger partial charge on any atom is -0.337 e. The van der Waals surface area contributed by atoms with Gasteiger partial charge in [-0.3, -0.25) is 9.59 Å². The fourth-order valence-corrected chi connectivity index (χ4v) is 3.59. The van der Waals surface area contributed by atoms with E-state index in [-0.39, 0.29) is 11.8 Å². The van der Waals surface area contributed by atoms with Crippen LogP contribution in [-0.2, 0) is 0 Å². The smallest absolute Gasteiger partial charge is 0.253 e. The van der Waals surface area contributed by atoms with Crippen LogP contribution in [0.1, 0.15) is 27.1 Å². The predicted molar refractivity (Wildman–Crippen MR) is 115 cm³/mol. The standard InChI is InChI=1S/C19H18I2N2O2/c20-16-6-2-14(3-7-16)18(24)22-10-1-11-23(13-12-22)19(25)15-4-8-17(21)9-5-15/h2-9H,1,10-13H2. The monoisotopic (exact) mass is 560 g/mol. The molecule has 0 N–H and O–H groups in total. The van der Waals surface area contributed by atoms with Crippen molar-refractivity contribution in [3.05, 3.63) is 66.8 Å². The number of benzene rings is 2. The molecule has 0 aliphatic carbocycles. The molecule has 6 heteroatoms. The Bertz CT molecular complexity index is 694. The summed E-state index contributed by atoms with van der Waals surface area (Å²) in [5, 5.41) is 0. The number of amides is 2. The molecule has 130 valence electrons. The minimum atomic E-state index is 0.0416. The van der Waals surface area contributed by atoms with Crippen LogP contribution in [-0.4, -0.2) is 47.8 Å². The molecule has 0 aromatic heterocycles. The normalized spacial score (nSPS) is 15.0. The quantitative estimate of drug-likeness (QED) is 0.524. The first-order valence-corrected chi connectivity index (χ1v) is 10.3. The summed E-state index contributed by atoms with van der Waals surface area (Å²) in [5.74, 6) is 0.0833. The fourth-order valence-electron chi connectivity index (χ4n) is 2.87. The molecule has 0 saturated carbocycles. The largest absolute Gasteiger partial charge is 0.337 e. The van der Waals surface area contributed by atoms with Gasteiger partial charge in [0, 0.05) is 44.4 Å². The van der Waals surface area contributed by atoms with Crippen LogP contribution < -0.4 is 0 Å². The Labute approximate surface area is 174 Å². The van der Waals surface area contributed by atoms with Gasteiger partial charge in [-0.15, -0.1) is 0 Å². The van der Waals surface area contributed by atoms with Gasteiger partial charge in [0.1, 0.15) is 0 Å². The summed E-state index contributed by atoms with van der Waals surface area (Å²) in [6.45, 7) is 2.50. The van der Waals surface area contributed by atoms with E-state index in [4.69, 9.17) is 0 Å². The third kappa shape index (κ3) is 4.72. The highest BCUT2D eigenvalue weighted by molar-refractivity contribution is 14.1. The van der Waals surface area contributed by atoms with Crippen molar-refractivity contribution in [1.29, 1.82) is 0 Å². The van der Waals surface area contributed by atoms with Crippen molar-refractivity contribution in [3.63, 3.8) is 0 Å². The number of carbonyl (C=O) groups is 2. The second kappa shape index (κ2) is 8.48. The van der Waals surface area contributed by atoms with Gasteiger partial charge >= 0.3 is 0 Å². The van der Waals surface area contributed by atoms with Crippen molar-refractivity contribution in [2.75, 3.05) is 26.2 Å². The molecule has 0 bridgehead atoms. The molecule has 2 amide bonds. The van der Waals surface area contributed by atoms with Crippen LogP contribution >= 0.6 is 45.2 Å². The SMILES string of the molecule is O=C(c1ccc(I)cc1)N1CCCN(C(=O)c2ccc(I)cc2)CC1. The average molecular weight is 560 g/mol. The van der Waals surface area contributed by atoms with Crippen molar-refractivity contribution in [2.24, 2.45) is 0 Å². The molecule has 1 heterocycles. The van der Waals surface area contributed by atoms with E-state index >= 15 is 0 Å². The Morgan fingerprint density at radius 3 is 1.36 bits per heavy atom. The third-order valence-electron chi connectivity index (χ3n) is 4.25. The lowest BCUT2D eigenvalue weighted by molar-refractivity contribution is 0.0718. The maximum Gasteiger partial charge on any atom is 0.253 e. The second-order valence-corrected chi connectivity index (χ2v) is 8.44. The van der Waals surface area contributed by atoms with E-state index in [1.807, 2.05) is 58.3 Å². The molecule has 0 atom stereocenters. The van der Waals surface area contributed by atoms with E-state index < -0.39 is 0 Å². The second-order valence-electron chi connectivity index (χ2n) is 5.95. The highest BCUT2D eigenvalue weighted by atomic mass is 127. The van der Waals surface area contributed by atoms with Gasteiger partial charge in [0.15, 0.2) is 0 Å². The highest BCUT2D eigenvalue weighted by Crippen LogP contribution is 2.14. The first kappa shape index (κ1) is 18.6. The van der Waals surface area contributed by atoms with Crippen LogP contribution in [0.15, 0.2) is 48.5 Å². The van der Waals surface area contributed by atoms with Gasteiger partial charge in [0.25, 0.3) is 11.8 Å². The molecule has 0 spiro atoms. The average Bonchev–Trinajstić information content (AvgIpc) is 2.88. The van der Waals surface area contributed by atoms with Gasteiger partial charge in [-0.2, -0.15) is 0 Å². The van der Waals surface area contributed by atoms with E-state index in [0.29, 0.717) is 37.3 Å². The summed E-state index contributed by atoms with van der Waals surface area (Å²) in [5.41, 5.74) is 1.41. The topological polar surface area (TPSA) is 40.6 Å². The lowest BCUT2D eigenvalue weighted by Crippen LogP contribution is -2.37. The molecular formula is C19H18I2N2O2. The Morgan fingerprint density at radius 1 is 0.640 bits per heavy atom. The van der Waals surface area contributed by atoms with Crippen molar-refractivity contribution in [1.82, 2.24) is 9.80 Å². The summed E-state index contributed by atoms with van der Waals surface area (Å²) >= 11 is 4.46. The van der Waals surface area contributed by atoms with Crippen molar-refractivity contribution in [3.8, 4) is 0 Å². The van der Waals surface area contributed by atoms with E-state index in [1.165, 1.54) is 0 Å². The van der Waals surface area contributed by atoms with E-state index in [0.717, 1.165) is 13.6 Å². The van der Waals surface area contributed by atoms with Gasteiger partial charge < -0.3 is 9.80 Å². The number of hydrogen-bond acceptors (Lipinski definition) is 2. The Balaban J connectivity index is 1.65. The van der Waals surface area contributed by atoms with E-state index in [2.05, 4.69) is 45.2 Å². The molecule has 25 heavy (non-hydrogen) atoms. The summed E-state index contributed by atoms with van der Waals surface area (Å²) in [6.07, 6.45) is 0.798. The molecule has 1 aliphatic heterocycles. The molecule has 1 aliphatic rings. The Kier molecular flexibility index (Phi) is 6.32. The molecule has 4 nitrogen and oxygen atoms in total. The number of carbonyl (C=O) groups excluding carboxylic acids is 2. The maximum atomic E-state index is 12.7. The van der Waals surface area contributed by atoms with Crippen molar-refractivity contribution in [2.45, 2.75) is 6.42 Å². The molecule has 0 radical (unpaired) electrons. The van der Waals surface area contributed by atoms with Crippen LogP contribution in [0.3, 0.4) is 0 Å². The first-order valence-electron chi connectivity index (χ1n) is 8.14. The number of halogens is 2. The lowest BCUT2D eigenvalue weighted by atomic mass is 10.2. The van der Waals surface area contributed by atoms with Crippen LogP contribution in [0.2, 0.25) is 0 Å². The third-order valence-corrected chi connectivity index (χ3v) is 5.69. The summed E-state index contributed by atoms with van der Waals surface area (Å²) < 4.78 is 2.22. The Morgan fingerprint density at radius 2 is 1.00 bits per heavy atom. The van der Waals surface area contributed by atoms with Crippen LogP contribution in [0.5, 0.6) is 0 Å². The molecule has 1 fully saturated rings. The zero-order chi connectivity index (χ0) is 17.8. The van der Waals surface area contributed by atoms with Gasteiger partial charge in [0.2, 0.25) is 0 Å². The number of nitrogens with zero attached hydrogens (tertiary/aromatic N) is 2. The van der Waals surface area contributed by atoms with Crippen LogP contribution in [0.25, 0.3) is 0 Å². The van der Waals surface area contributed by atoms with Crippen molar-refractivity contribution >= 4 is 57.0 Å². The highest BCUT2D eigenvalue weighted by Gasteiger charge is 2.23. The first-order chi connectivity index (χ1) is 12.0. The van der Waals surface area contributed by atoms with Gasteiger partial charge in [-0.1, -0.05) is 0 Å². The molecule has 2 aromatic rings. The summed E-state index contributed by atoms with van der Waals surface area (Å²) in [7, 11) is 0. The molecular weight excluding hydrogens is 542 g/mol. The lowest BCUT2D eigenvalue weighted by Gasteiger charge is -2.22. The zero-order valence-electron chi connectivity index (χ0n) is 13.6. The fraction of sp³-hybridized carbons (Fsp3) is 0.263. The summed E-state index contributed by atoms with van der Waals surface area (Å²) in [6, 6.07) is 15.2. The summed E-state index contributed by atoms with van der Waals surface area (Å²) in [4.78, 5) is 29.0. The van der Waals surface area contributed by atoms with Crippen LogP contribution in [0, 0.1) is 7.14 Å². The molecule has 0 unspecified atom stereocenters. The number of hydrogen-bond donors (Lipinski definition) is 0. The number of rotatable bonds is 2. The predicted octanol–water partition coefficient (Wildman–Crippen LogP) is 3.88. The van der Waals surface area contributed by atoms with Gasteiger partial charge in [-0.25, -0.2) is 0 Å². The molecule has 1 saturated heterocycles. The minimum absolute atomic E-state index is 0.0416. The van der Waals surface area contributed by atoms with Crippen LogP contribution in [0.4, 0.5) is 0 Å². The van der Waals surface area contributed by atoms with E-state index in [1.54, 1.807) is 0 Å². The van der Waals surface area contributed by atoms with Crippen molar-refractivity contribution < 1.29 is 9.59 Å². The Hall–Kier alpha value is -1.16. The molecule has 2 aromatic carbocycles.